The van der Waals surface area contributed by atoms with Crippen molar-refractivity contribution in [3.8, 4) is 0 Å². The van der Waals surface area contributed by atoms with Crippen molar-refractivity contribution in [2.45, 2.75) is 98.8 Å². The maximum absolute atomic E-state index is 10.9. The van der Waals surface area contributed by atoms with Crippen LogP contribution in [0.1, 0.15) is 98.8 Å². The molecule has 0 rings (SSSR count). The third-order valence-electron chi connectivity index (χ3n) is 5.18. The first kappa shape index (κ1) is 24.1. The summed E-state index contributed by atoms with van der Waals surface area (Å²) in [5.41, 5.74) is 0. The first-order chi connectivity index (χ1) is 11.1. The molecule has 0 saturated carbocycles. The van der Waals surface area contributed by atoms with Crippen LogP contribution >= 0.6 is 7.60 Å². The van der Waals surface area contributed by atoms with Gasteiger partial charge < -0.3 is 9.79 Å². The third kappa shape index (κ3) is 17.0. The summed E-state index contributed by atoms with van der Waals surface area (Å²) in [4.78, 5) is 17.8. The second-order valence-electron chi connectivity index (χ2n) is 8.68. The average Bonchev–Trinajstić information content (AvgIpc) is 2.44. The molecule has 0 amide bonds. The van der Waals surface area contributed by atoms with Crippen LogP contribution in [-0.4, -0.2) is 15.9 Å². The van der Waals surface area contributed by atoms with E-state index >= 15 is 0 Å². The molecule has 4 heteroatoms. The Balaban J connectivity index is 3.58. The molecular formula is C20H43O3P. The van der Waals surface area contributed by atoms with Gasteiger partial charge in [0.05, 0.1) is 6.16 Å². The van der Waals surface area contributed by atoms with Gasteiger partial charge in [-0.05, 0) is 30.1 Å². The number of rotatable bonds is 15. The molecule has 0 aromatic rings. The lowest BCUT2D eigenvalue weighted by Gasteiger charge is -2.16. The largest absolute Gasteiger partial charge is 0.325 e. The van der Waals surface area contributed by atoms with Gasteiger partial charge in [0.2, 0.25) is 0 Å². The van der Waals surface area contributed by atoms with Crippen molar-refractivity contribution >= 4 is 7.60 Å². The third-order valence-corrected chi connectivity index (χ3v) is 6.02. The Morgan fingerprint density at radius 2 is 0.958 bits per heavy atom. The Labute approximate surface area is 151 Å². The molecule has 0 aromatic heterocycles. The van der Waals surface area contributed by atoms with Crippen molar-refractivity contribution in [3.05, 3.63) is 0 Å². The van der Waals surface area contributed by atoms with Gasteiger partial charge >= 0.3 is 7.60 Å². The first-order valence-electron chi connectivity index (χ1n) is 10.1. The van der Waals surface area contributed by atoms with Crippen molar-refractivity contribution in [1.82, 2.24) is 0 Å². The van der Waals surface area contributed by atoms with Gasteiger partial charge in [-0.25, -0.2) is 0 Å². The van der Waals surface area contributed by atoms with Crippen LogP contribution in [0.15, 0.2) is 0 Å². The van der Waals surface area contributed by atoms with Crippen LogP contribution in [0.4, 0.5) is 0 Å². The predicted molar refractivity (Wildman–Crippen MR) is 105 cm³/mol. The molecule has 0 aromatic carbocycles. The topological polar surface area (TPSA) is 57.5 Å². The Kier molecular flexibility index (Phi) is 13.5. The lowest BCUT2D eigenvalue weighted by molar-refractivity contribution is 0.358. The van der Waals surface area contributed by atoms with E-state index in [1.54, 1.807) is 0 Å². The van der Waals surface area contributed by atoms with E-state index in [9.17, 15) is 4.57 Å². The quantitative estimate of drug-likeness (QED) is 0.321. The van der Waals surface area contributed by atoms with E-state index in [0.29, 0.717) is 12.3 Å². The normalized spacial score (nSPS) is 16.3. The van der Waals surface area contributed by atoms with Gasteiger partial charge in [0, 0.05) is 0 Å². The van der Waals surface area contributed by atoms with Crippen molar-refractivity contribution in [2.75, 3.05) is 6.16 Å². The smallest absolute Gasteiger partial charge is 0.324 e. The molecule has 3 atom stereocenters. The first-order valence-corrected chi connectivity index (χ1v) is 11.9. The van der Waals surface area contributed by atoms with Crippen molar-refractivity contribution < 1.29 is 14.4 Å². The van der Waals surface area contributed by atoms with E-state index in [0.717, 1.165) is 24.2 Å². The highest BCUT2D eigenvalue weighted by atomic mass is 31.2. The van der Waals surface area contributed by atoms with Crippen LogP contribution in [0, 0.1) is 23.7 Å². The summed E-state index contributed by atoms with van der Waals surface area (Å²) in [6, 6.07) is 0. The van der Waals surface area contributed by atoms with Crippen LogP contribution in [0.25, 0.3) is 0 Å². The molecule has 0 heterocycles. The molecule has 24 heavy (non-hydrogen) atoms. The van der Waals surface area contributed by atoms with E-state index in [-0.39, 0.29) is 6.16 Å². The molecule has 0 saturated heterocycles. The Morgan fingerprint density at radius 3 is 1.29 bits per heavy atom. The van der Waals surface area contributed by atoms with Gasteiger partial charge in [0.1, 0.15) is 0 Å². The Bertz CT molecular complexity index is 338. The zero-order chi connectivity index (χ0) is 18.6. The highest BCUT2D eigenvalue weighted by molar-refractivity contribution is 7.51. The van der Waals surface area contributed by atoms with Crippen LogP contribution in [0.2, 0.25) is 0 Å². The highest BCUT2D eigenvalue weighted by Gasteiger charge is 2.15. The lowest BCUT2D eigenvalue weighted by Crippen LogP contribution is -2.02. The maximum Gasteiger partial charge on any atom is 0.325 e. The van der Waals surface area contributed by atoms with Crippen LogP contribution in [0.3, 0.4) is 0 Å². The molecule has 3 unspecified atom stereocenters. The molecule has 2 N–H and O–H groups in total. The van der Waals surface area contributed by atoms with Gasteiger partial charge in [-0.1, -0.05) is 92.4 Å². The molecule has 0 aliphatic carbocycles. The SMILES string of the molecule is CC(C)CCCC(C)CCCC(C)CCCC(C)CCP(=O)(O)O. The molecular weight excluding hydrogens is 319 g/mol. The molecule has 0 aliphatic rings. The molecule has 0 fully saturated rings. The van der Waals surface area contributed by atoms with Gasteiger partial charge in [-0.2, -0.15) is 0 Å². The summed E-state index contributed by atoms with van der Waals surface area (Å²) < 4.78 is 10.9. The van der Waals surface area contributed by atoms with Gasteiger partial charge in [0.15, 0.2) is 0 Å². The second kappa shape index (κ2) is 13.4. The van der Waals surface area contributed by atoms with Gasteiger partial charge in [0.25, 0.3) is 0 Å². The van der Waals surface area contributed by atoms with E-state index in [1.807, 2.05) is 0 Å². The van der Waals surface area contributed by atoms with E-state index < -0.39 is 7.60 Å². The minimum absolute atomic E-state index is 0.0401. The van der Waals surface area contributed by atoms with Crippen molar-refractivity contribution in [2.24, 2.45) is 23.7 Å². The summed E-state index contributed by atoms with van der Waals surface area (Å²) in [6.07, 6.45) is 12.4. The predicted octanol–water partition coefficient (Wildman–Crippen LogP) is 6.63. The average molecular weight is 363 g/mol. The summed E-state index contributed by atoms with van der Waals surface area (Å²) in [7, 11) is -3.81. The number of hydrogen-bond acceptors (Lipinski definition) is 1. The molecule has 146 valence electrons. The van der Waals surface area contributed by atoms with E-state index in [4.69, 9.17) is 9.79 Å². The maximum atomic E-state index is 10.9. The fourth-order valence-corrected chi connectivity index (χ4v) is 4.10. The highest BCUT2D eigenvalue weighted by Crippen LogP contribution is 2.36. The number of hydrogen-bond donors (Lipinski definition) is 2. The second-order valence-corrected chi connectivity index (χ2v) is 10.5. The van der Waals surface area contributed by atoms with Crippen LogP contribution in [0.5, 0.6) is 0 Å². The van der Waals surface area contributed by atoms with Gasteiger partial charge in [-0.3, -0.25) is 4.57 Å². The van der Waals surface area contributed by atoms with E-state index in [1.165, 1.54) is 51.4 Å². The zero-order valence-corrected chi connectivity index (χ0v) is 17.7. The van der Waals surface area contributed by atoms with Crippen LogP contribution < -0.4 is 0 Å². The molecule has 0 bridgehead atoms. The zero-order valence-electron chi connectivity index (χ0n) is 16.8. The molecule has 0 radical (unpaired) electrons. The van der Waals surface area contributed by atoms with E-state index in [2.05, 4.69) is 34.6 Å². The Morgan fingerprint density at radius 1 is 0.625 bits per heavy atom. The fraction of sp³-hybridized carbons (Fsp3) is 1.00. The minimum atomic E-state index is -3.81. The summed E-state index contributed by atoms with van der Waals surface area (Å²) in [6.45, 7) is 11.5. The van der Waals surface area contributed by atoms with Crippen molar-refractivity contribution in [3.63, 3.8) is 0 Å². The molecule has 0 spiro atoms. The lowest BCUT2D eigenvalue weighted by atomic mass is 9.91. The summed E-state index contributed by atoms with van der Waals surface area (Å²) >= 11 is 0. The standard InChI is InChI=1S/C20H43O3P/c1-17(2)9-6-10-18(3)11-7-12-19(4)13-8-14-20(5)15-16-24(21,22)23/h17-20H,6-16H2,1-5H3,(H2,21,22,23). The summed E-state index contributed by atoms with van der Waals surface area (Å²) in [5, 5.41) is 0. The molecule has 0 aliphatic heterocycles. The minimum Gasteiger partial charge on any atom is -0.324 e. The van der Waals surface area contributed by atoms with Crippen molar-refractivity contribution in [1.29, 1.82) is 0 Å². The van der Waals surface area contributed by atoms with Gasteiger partial charge in [-0.15, -0.1) is 0 Å². The Hall–Kier alpha value is 0.150. The fourth-order valence-electron chi connectivity index (χ4n) is 3.33. The monoisotopic (exact) mass is 362 g/mol. The molecule has 3 nitrogen and oxygen atoms in total. The summed E-state index contributed by atoms with van der Waals surface area (Å²) in [5.74, 6) is 2.90. The van der Waals surface area contributed by atoms with Crippen LogP contribution in [-0.2, 0) is 4.57 Å².